The molecule has 0 bridgehead atoms. The molecule has 1 fully saturated rings. The Hall–Kier alpha value is -2.05. The van der Waals surface area contributed by atoms with Crippen molar-refractivity contribution < 1.29 is 13.2 Å². The summed E-state index contributed by atoms with van der Waals surface area (Å²) in [6.45, 7) is 0. The van der Waals surface area contributed by atoms with Gasteiger partial charge in [-0.15, -0.1) is 0 Å². The molecule has 1 aliphatic carbocycles. The Morgan fingerprint density at radius 3 is 2.37 bits per heavy atom. The van der Waals surface area contributed by atoms with Crippen LogP contribution in [0.2, 0.25) is 5.02 Å². The van der Waals surface area contributed by atoms with E-state index in [1.807, 2.05) is 0 Å². The first-order valence-corrected chi connectivity index (χ1v) is 11.1. The molecule has 2 aromatic rings. The van der Waals surface area contributed by atoms with Gasteiger partial charge in [0, 0.05) is 11.1 Å². The maximum atomic E-state index is 12.7. The van der Waals surface area contributed by atoms with Gasteiger partial charge >= 0.3 is 0 Å². The van der Waals surface area contributed by atoms with Crippen molar-refractivity contribution in [2.75, 3.05) is 4.72 Å². The standard InChI is InChI=1S/C20H23ClN2O3S/c21-16-12-10-15(11-13-16)14-27(25,26)23-19-9-5-4-8-18(19)20(24)22-17-6-2-1-3-7-17/h4-5,8-13,17,23H,1-3,6-7,14H2,(H,22,24). The molecule has 27 heavy (non-hydrogen) atoms. The van der Waals surface area contributed by atoms with Gasteiger partial charge in [-0.05, 0) is 42.7 Å². The molecular weight excluding hydrogens is 384 g/mol. The van der Waals surface area contributed by atoms with E-state index in [9.17, 15) is 13.2 Å². The van der Waals surface area contributed by atoms with Crippen LogP contribution in [0.1, 0.15) is 48.0 Å². The zero-order valence-electron chi connectivity index (χ0n) is 14.9. The maximum Gasteiger partial charge on any atom is 0.253 e. The normalized spacial score (nSPS) is 15.3. The highest BCUT2D eigenvalue weighted by Gasteiger charge is 2.20. The number of benzene rings is 2. The highest BCUT2D eigenvalue weighted by atomic mass is 35.5. The first-order valence-electron chi connectivity index (χ1n) is 9.08. The van der Waals surface area contributed by atoms with Gasteiger partial charge in [0.1, 0.15) is 0 Å². The van der Waals surface area contributed by atoms with Crippen molar-refractivity contribution in [3.63, 3.8) is 0 Å². The fourth-order valence-electron chi connectivity index (χ4n) is 3.28. The van der Waals surface area contributed by atoms with Crippen LogP contribution in [-0.2, 0) is 15.8 Å². The van der Waals surface area contributed by atoms with Gasteiger partial charge in [-0.1, -0.05) is 55.1 Å². The highest BCUT2D eigenvalue weighted by Crippen LogP contribution is 2.21. The predicted molar refractivity (Wildman–Crippen MR) is 108 cm³/mol. The average Bonchev–Trinajstić information content (AvgIpc) is 2.64. The lowest BCUT2D eigenvalue weighted by atomic mass is 9.95. The Balaban J connectivity index is 1.72. The van der Waals surface area contributed by atoms with E-state index < -0.39 is 10.0 Å². The van der Waals surface area contributed by atoms with Crippen molar-refractivity contribution in [1.82, 2.24) is 5.32 Å². The van der Waals surface area contributed by atoms with Crippen LogP contribution in [0.15, 0.2) is 48.5 Å². The summed E-state index contributed by atoms with van der Waals surface area (Å²) in [4.78, 5) is 12.7. The summed E-state index contributed by atoms with van der Waals surface area (Å²) in [7, 11) is -3.66. The number of carbonyl (C=O) groups is 1. The zero-order chi connectivity index (χ0) is 19.3. The van der Waals surface area contributed by atoms with Crippen molar-refractivity contribution in [3.8, 4) is 0 Å². The molecule has 0 aromatic heterocycles. The lowest BCUT2D eigenvalue weighted by Crippen LogP contribution is -2.36. The van der Waals surface area contributed by atoms with Crippen LogP contribution in [0.25, 0.3) is 0 Å². The summed E-state index contributed by atoms with van der Waals surface area (Å²) in [6, 6.07) is 13.5. The van der Waals surface area contributed by atoms with Crippen LogP contribution in [0.5, 0.6) is 0 Å². The molecule has 1 aliphatic rings. The van der Waals surface area contributed by atoms with Crippen LogP contribution in [0, 0.1) is 0 Å². The Bertz CT molecular complexity index is 892. The SMILES string of the molecule is O=C(NC1CCCCC1)c1ccccc1NS(=O)(=O)Cc1ccc(Cl)cc1. The van der Waals surface area contributed by atoms with Crippen LogP contribution >= 0.6 is 11.6 Å². The van der Waals surface area contributed by atoms with Crippen molar-refractivity contribution in [2.24, 2.45) is 0 Å². The number of halogens is 1. The second-order valence-corrected chi connectivity index (χ2v) is 9.00. The van der Waals surface area contributed by atoms with Gasteiger partial charge in [0.05, 0.1) is 17.0 Å². The third-order valence-electron chi connectivity index (χ3n) is 4.65. The minimum Gasteiger partial charge on any atom is -0.349 e. The van der Waals surface area contributed by atoms with E-state index in [0.29, 0.717) is 21.8 Å². The number of hydrogen-bond acceptors (Lipinski definition) is 3. The molecule has 144 valence electrons. The molecule has 7 heteroatoms. The van der Waals surface area contributed by atoms with Gasteiger partial charge in [-0.3, -0.25) is 9.52 Å². The van der Waals surface area contributed by atoms with E-state index in [1.54, 1.807) is 48.5 Å². The fraction of sp³-hybridized carbons (Fsp3) is 0.350. The second-order valence-electron chi connectivity index (χ2n) is 6.84. The third-order valence-corrected chi connectivity index (χ3v) is 6.14. The summed E-state index contributed by atoms with van der Waals surface area (Å²) < 4.78 is 27.6. The van der Waals surface area contributed by atoms with E-state index in [1.165, 1.54) is 6.42 Å². The Morgan fingerprint density at radius 2 is 1.67 bits per heavy atom. The number of nitrogens with one attached hydrogen (secondary N) is 2. The fourth-order valence-corrected chi connectivity index (χ4v) is 4.63. The summed E-state index contributed by atoms with van der Waals surface area (Å²) in [5, 5.41) is 3.58. The number of amides is 1. The van der Waals surface area contributed by atoms with Crippen LogP contribution in [-0.4, -0.2) is 20.4 Å². The monoisotopic (exact) mass is 406 g/mol. The smallest absolute Gasteiger partial charge is 0.253 e. The molecule has 0 aliphatic heterocycles. The van der Waals surface area contributed by atoms with E-state index in [0.717, 1.165) is 25.7 Å². The Kier molecular flexibility index (Phi) is 6.39. The lowest BCUT2D eigenvalue weighted by molar-refractivity contribution is 0.0928. The van der Waals surface area contributed by atoms with Gasteiger partial charge in [0.25, 0.3) is 5.91 Å². The Morgan fingerprint density at radius 1 is 1.00 bits per heavy atom. The van der Waals surface area contributed by atoms with Crippen molar-refractivity contribution in [3.05, 3.63) is 64.7 Å². The van der Waals surface area contributed by atoms with Crippen LogP contribution in [0.3, 0.4) is 0 Å². The van der Waals surface area contributed by atoms with Crippen LogP contribution < -0.4 is 10.0 Å². The molecule has 0 radical (unpaired) electrons. The molecule has 5 nitrogen and oxygen atoms in total. The number of para-hydroxylation sites is 1. The van der Waals surface area contributed by atoms with Crippen molar-refractivity contribution >= 4 is 33.2 Å². The zero-order valence-corrected chi connectivity index (χ0v) is 16.5. The summed E-state index contributed by atoms with van der Waals surface area (Å²) >= 11 is 5.84. The van der Waals surface area contributed by atoms with Gasteiger partial charge in [-0.2, -0.15) is 0 Å². The molecule has 1 saturated carbocycles. The first-order chi connectivity index (χ1) is 12.9. The lowest BCUT2D eigenvalue weighted by Gasteiger charge is -2.23. The first kappa shape index (κ1) is 19.7. The number of rotatable bonds is 6. The molecule has 3 rings (SSSR count). The quantitative estimate of drug-likeness (QED) is 0.749. The molecule has 0 atom stereocenters. The largest absolute Gasteiger partial charge is 0.349 e. The number of sulfonamides is 1. The second kappa shape index (κ2) is 8.76. The van der Waals surface area contributed by atoms with Gasteiger partial charge in [0.15, 0.2) is 0 Å². The minimum atomic E-state index is -3.66. The summed E-state index contributed by atoms with van der Waals surface area (Å²) in [5.41, 5.74) is 1.25. The number of hydrogen-bond donors (Lipinski definition) is 2. The van der Waals surface area contributed by atoms with E-state index in [-0.39, 0.29) is 17.7 Å². The average molecular weight is 407 g/mol. The van der Waals surface area contributed by atoms with Crippen LogP contribution in [0.4, 0.5) is 5.69 Å². The summed E-state index contributed by atoms with van der Waals surface area (Å²) in [5.74, 6) is -0.436. The highest BCUT2D eigenvalue weighted by molar-refractivity contribution is 7.91. The third kappa shape index (κ3) is 5.71. The Labute approximate surface area is 165 Å². The van der Waals surface area contributed by atoms with E-state index in [4.69, 9.17) is 11.6 Å². The van der Waals surface area contributed by atoms with Gasteiger partial charge in [-0.25, -0.2) is 8.42 Å². The number of anilines is 1. The molecule has 1 amide bonds. The molecule has 2 aromatic carbocycles. The van der Waals surface area contributed by atoms with Crippen molar-refractivity contribution in [1.29, 1.82) is 0 Å². The molecule has 2 N–H and O–H groups in total. The summed E-state index contributed by atoms with van der Waals surface area (Å²) in [6.07, 6.45) is 5.36. The van der Waals surface area contributed by atoms with E-state index in [2.05, 4.69) is 10.0 Å². The van der Waals surface area contributed by atoms with Gasteiger partial charge in [0.2, 0.25) is 10.0 Å². The minimum absolute atomic E-state index is 0.157. The molecular formula is C20H23ClN2O3S. The topological polar surface area (TPSA) is 75.3 Å². The van der Waals surface area contributed by atoms with Crippen molar-refractivity contribution in [2.45, 2.75) is 43.9 Å². The number of carbonyl (C=O) groups excluding carboxylic acids is 1. The van der Waals surface area contributed by atoms with Gasteiger partial charge < -0.3 is 5.32 Å². The molecule has 0 spiro atoms. The molecule has 0 unspecified atom stereocenters. The maximum absolute atomic E-state index is 12.7. The predicted octanol–water partition coefficient (Wildman–Crippen LogP) is 4.34. The molecule has 0 saturated heterocycles. The molecule has 0 heterocycles. The van der Waals surface area contributed by atoms with E-state index >= 15 is 0 Å².